The molecule has 0 amide bonds. The fraction of sp³-hybridized carbons (Fsp3) is 0.368. The van der Waals surface area contributed by atoms with Crippen molar-refractivity contribution in [1.29, 1.82) is 0 Å². The zero-order chi connectivity index (χ0) is 31.7. The molecule has 45 heavy (non-hydrogen) atoms. The van der Waals surface area contributed by atoms with E-state index < -0.39 is 0 Å². The van der Waals surface area contributed by atoms with Gasteiger partial charge in [-0.05, 0) is 64.5 Å². The molecule has 0 atom stereocenters. The normalized spacial score (nSPS) is 14.5. The standard InChI is InChI=1S/C38H39BN6/c1-18-19(2)41-31-22-13-15-24-33-28(22)39-27-21(30(31)40-18)12-14-23-32(27)44(42-34(23)37(6,7)8)25-16-20(36(3,4)5)17-26(29(25)39)45(33)43-35(24)38(9,10)11/h12-17H,1-11H3. The van der Waals surface area contributed by atoms with Crippen molar-refractivity contribution in [3.05, 3.63) is 64.7 Å². The Hall–Kier alpha value is -4.26. The SMILES string of the molecule is Cc1nc2c(nc1C)-c1ccc3c(C(C)(C)C)nn4c3c1B1c3c(cc(C(C)(C)C)cc3-4)-n3nc(C(C)(C)C)c4ccc-2c1c43. The summed E-state index contributed by atoms with van der Waals surface area (Å²) in [6.45, 7) is 24.7. The first-order chi connectivity index (χ1) is 21.1. The van der Waals surface area contributed by atoms with E-state index in [-0.39, 0.29) is 23.0 Å². The summed E-state index contributed by atoms with van der Waals surface area (Å²) in [5, 5.41) is 13.4. The highest BCUT2D eigenvalue weighted by molar-refractivity contribution is 7.02. The minimum absolute atomic E-state index is 0.00654. The van der Waals surface area contributed by atoms with Crippen LogP contribution < -0.4 is 16.4 Å². The largest absolute Gasteiger partial charge is 0.254 e. The summed E-state index contributed by atoms with van der Waals surface area (Å²) in [6.07, 6.45) is 0. The van der Waals surface area contributed by atoms with Gasteiger partial charge in [0.15, 0.2) is 0 Å². The number of aromatic nitrogens is 6. The third-order valence-electron chi connectivity index (χ3n) is 10.3. The minimum atomic E-state index is -0.127. The monoisotopic (exact) mass is 590 g/mol. The van der Waals surface area contributed by atoms with Crippen LogP contribution in [-0.4, -0.2) is 36.2 Å². The smallest absolute Gasteiger partial charge is 0.249 e. The molecular weight excluding hydrogens is 551 g/mol. The van der Waals surface area contributed by atoms with E-state index in [0.29, 0.717) is 0 Å². The molecule has 0 bridgehead atoms. The van der Waals surface area contributed by atoms with Gasteiger partial charge < -0.3 is 0 Å². The van der Waals surface area contributed by atoms with E-state index in [9.17, 15) is 0 Å². The molecule has 3 aromatic carbocycles. The molecule has 0 fully saturated rings. The maximum atomic E-state index is 5.47. The molecule has 0 unspecified atom stereocenters. The number of rotatable bonds is 0. The van der Waals surface area contributed by atoms with Gasteiger partial charge in [0, 0.05) is 21.6 Å². The molecule has 9 rings (SSSR count). The second-order valence-corrected chi connectivity index (χ2v) is 16.6. The molecule has 6 aromatic rings. The van der Waals surface area contributed by atoms with E-state index in [1.165, 1.54) is 43.8 Å². The fourth-order valence-electron chi connectivity index (χ4n) is 8.03. The average Bonchev–Trinajstić information content (AvgIpc) is 3.52. The molecule has 6 heterocycles. The van der Waals surface area contributed by atoms with Crippen molar-refractivity contribution in [2.24, 2.45) is 0 Å². The highest BCUT2D eigenvalue weighted by atomic mass is 15.3. The molecule has 0 spiro atoms. The second kappa shape index (κ2) is 7.93. The van der Waals surface area contributed by atoms with Crippen LogP contribution in [0.3, 0.4) is 0 Å². The molecule has 0 radical (unpaired) electrons. The van der Waals surface area contributed by atoms with Crippen molar-refractivity contribution < 1.29 is 0 Å². The highest BCUT2D eigenvalue weighted by Gasteiger charge is 2.47. The van der Waals surface area contributed by atoms with E-state index in [2.05, 4.69) is 122 Å². The lowest BCUT2D eigenvalue weighted by atomic mass is 9.33. The fourth-order valence-corrected chi connectivity index (χ4v) is 8.03. The number of aryl methyl sites for hydroxylation is 2. The molecule has 0 saturated heterocycles. The number of fused-ring (bicyclic) bond motifs is 5. The van der Waals surface area contributed by atoms with Crippen LogP contribution >= 0.6 is 0 Å². The van der Waals surface area contributed by atoms with Crippen LogP contribution in [0.2, 0.25) is 0 Å². The zero-order valence-electron chi connectivity index (χ0n) is 28.2. The Labute approximate surface area is 265 Å². The van der Waals surface area contributed by atoms with Gasteiger partial charge in [-0.1, -0.05) is 86.6 Å². The first-order valence-corrected chi connectivity index (χ1v) is 16.2. The lowest BCUT2D eigenvalue weighted by Crippen LogP contribution is -2.60. The van der Waals surface area contributed by atoms with Crippen molar-refractivity contribution in [2.45, 2.75) is 92.4 Å². The Kier molecular flexibility index (Phi) is 4.77. The predicted molar refractivity (Wildman–Crippen MR) is 186 cm³/mol. The van der Waals surface area contributed by atoms with Gasteiger partial charge in [0.2, 0.25) is 0 Å². The summed E-state index contributed by atoms with van der Waals surface area (Å²) in [6, 6.07) is 14.0. The van der Waals surface area contributed by atoms with Gasteiger partial charge >= 0.3 is 0 Å². The van der Waals surface area contributed by atoms with Gasteiger partial charge in [-0.3, -0.25) is 0 Å². The third kappa shape index (κ3) is 3.26. The van der Waals surface area contributed by atoms with E-state index in [1.807, 2.05) is 0 Å². The van der Waals surface area contributed by atoms with Gasteiger partial charge in [0.25, 0.3) is 6.71 Å². The van der Waals surface area contributed by atoms with E-state index >= 15 is 0 Å². The van der Waals surface area contributed by atoms with Crippen LogP contribution in [0.4, 0.5) is 0 Å². The van der Waals surface area contributed by atoms with E-state index in [1.54, 1.807) is 0 Å². The Balaban J connectivity index is 1.59. The highest BCUT2D eigenvalue weighted by Crippen LogP contribution is 2.43. The maximum absolute atomic E-state index is 5.47. The lowest BCUT2D eigenvalue weighted by Gasteiger charge is -2.34. The molecular formula is C38H39BN6. The Morgan fingerprint density at radius 1 is 0.556 bits per heavy atom. The van der Waals surface area contributed by atoms with Gasteiger partial charge in [0.1, 0.15) is 0 Å². The Morgan fingerprint density at radius 3 is 1.36 bits per heavy atom. The number of hydrogen-bond donors (Lipinski definition) is 0. The molecule has 0 aliphatic carbocycles. The molecule has 0 N–H and O–H groups in total. The van der Waals surface area contributed by atoms with E-state index in [0.717, 1.165) is 56.7 Å². The summed E-state index contributed by atoms with van der Waals surface area (Å²) in [5.74, 6) is 0. The number of hydrogen-bond acceptors (Lipinski definition) is 4. The summed E-state index contributed by atoms with van der Waals surface area (Å²) in [4.78, 5) is 10.6. The van der Waals surface area contributed by atoms with Crippen LogP contribution in [0.15, 0.2) is 36.4 Å². The lowest BCUT2D eigenvalue weighted by molar-refractivity contribution is 0.563. The average molecular weight is 591 g/mol. The topological polar surface area (TPSA) is 61.4 Å². The summed E-state index contributed by atoms with van der Waals surface area (Å²) in [7, 11) is 0. The van der Waals surface area contributed by atoms with Crippen molar-refractivity contribution in [3.63, 3.8) is 0 Å². The van der Waals surface area contributed by atoms with Gasteiger partial charge in [-0.25, -0.2) is 19.3 Å². The van der Waals surface area contributed by atoms with Crippen LogP contribution in [0.1, 0.15) is 90.7 Å². The minimum Gasteiger partial charge on any atom is -0.249 e. The first-order valence-electron chi connectivity index (χ1n) is 16.2. The first kappa shape index (κ1) is 27.1. The van der Waals surface area contributed by atoms with Gasteiger partial charge in [0.05, 0.1) is 56.6 Å². The maximum Gasteiger partial charge on any atom is 0.254 e. The number of benzene rings is 3. The quantitative estimate of drug-likeness (QED) is 0.191. The molecule has 7 heteroatoms. The number of nitrogens with zero attached hydrogens (tertiary/aromatic N) is 6. The molecule has 3 aliphatic heterocycles. The van der Waals surface area contributed by atoms with Crippen LogP contribution in [0, 0.1) is 13.8 Å². The zero-order valence-corrected chi connectivity index (χ0v) is 28.2. The van der Waals surface area contributed by atoms with Crippen LogP contribution in [0.5, 0.6) is 0 Å². The molecule has 6 nitrogen and oxygen atoms in total. The van der Waals surface area contributed by atoms with E-state index in [4.69, 9.17) is 20.2 Å². The molecule has 224 valence electrons. The van der Waals surface area contributed by atoms with Crippen molar-refractivity contribution in [1.82, 2.24) is 29.5 Å². The van der Waals surface area contributed by atoms with Gasteiger partial charge in [-0.15, -0.1) is 0 Å². The van der Waals surface area contributed by atoms with Crippen molar-refractivity contribution >= 4 is 44.9 Å². The van der Waals surface area contributed by atoms with Gasteiger partial charge in [-0.2, -0.15) is 10.2 Å². The van der Waals surface area contributed by atoms with Crippen LogP contribution in [-0.2, 0) is 16.2 Å². The summed E-state index contributed by atoms with van der Waals surface area (Å²) in [5.41, 5.74) is 18.0. The molecule has 3 aromatic heterocycles. The van der Waals surface area contributed by atoms with Crippen molar-refractivity contribution in [2.75, 3.05) is 0 Å². The summed E-state index contributed by atoms with van der Waals surface area (Å²) < 4.78 is 4.52. The predicted octanol–water partition coefficient (Wildman–Crippen LogP) is 6.45. The third-order valence-corrected chi connectivity index (χ3v) is 10.3. The van der Waals surface area contributed by atoms with Crippen LogP contribution in [0.25, 0.3) is 55.7 Å². The second-order valence-electron chi connectivity index (χ2n) is 16.6. The molecule has 0 saturated carbocycles. The Morgan fingerprint density at radius 2 is 0.978 bits per heavy atom. The summed E-state index contributed by atoms with van der Waals surface area (Å²) >= 11 is 0. The van der Waals surface area contributed by atoms with Crippen molar-refractivity contribution in [3.8, 4) is 33.9 Å². The molecule has 3 aliphatic rings. The Bertz CT molecular complexity index is 2200.